The van der Waals surface area contributed by atoms with Crippen molar-refractivity contribution < 1.29 is 4.52 Å². The predicted molar refractivity (Wildman–Crippen MR) is 139 cm³/mol. The molecule has 0 amide bonds. The van der Waals surface area contributed by atoms with Gasteiger partial charge in [-0.05, 0) is 56.6 Å². The molecular formula is C26H29N9O2. The number of rotatable bonds is 5. The standard InChI is InChI=1S/C26H29N9O2/c1-17-15-34(19-7-5-18(6-8-19)24-31-25(37-32-24)21-4-3-10-28-21)12-13-35(17)26-30-22(14-23(36)33(26)2)20-9-11-27-16-29-20/h5-9,11,14,16-17,21,28H,3-4,10,12-13,15H2,1-2H3/t17-,21?/m1/s1. The van der Waals surface area contributed by atoms with Crippen LogP contribution in [0.4, 0.5) is 11.6 Å². The van der Waals surface area contributed by atoms with E-state index in [1.54, 1.807) is 23.9 Å². The van der Waals surface area contributed by atoms with Crippen LogP contribution in [0.1, 0.15) is 31.7 Å². The van der Waals surface area contributed by atoms with Gasteiger partial charge in [0, 0.05) is 56.2 Å². The van der Waals surface area contributed by atoms with Gasteiger partial charge in [0.25, 0.3) is 5.56 Å². The van der Waals surface area contributed by atoms with E-state index in [1.165, 1.54) is 12.4 Å². The zero-order valence-corrected chi connectivity index (χ0v) is 20.9. The maximum atomic E-state index is 12.7. The van der Waals surface area contributed by atoms with Gasteiger partial charge >= 0.3 is 0 Å². The Hall–Kier alpha value is -4.12. The van der Waals surface area contributed by atoms with Crippen LogP contribution in [0.5, 0.6) is 0 Å². The first-order chi connectivity index (χ1) is 18.1. The van der Waals surface area contributed by atoms with Crippen molar-refractivity contribution in [2.45, 2.75) is 31.8 Å². The fourth-order valence-corrected chi connectivity index (χ4v) is 5.06. The summed E-state index contributed by atoms with van der Waals surface area (Å²) in [6, 6.07) is 11.9. The minimum Gasteiger partial charge on any atom is -0.368 e. The molecule has 11 heteroatoms. The molecule has 5 heterocycles. The summed E-state index contributed by atoms with van der Waals surface area (Å²) in [4.78, 5) is 34.9. The molecule has 2 saturated heterocycles. The quantitative estimate of drug-likeness (QED) is 0.439. The number of aromatic nitrogens is 6. The Labute approximate surface area is 214 Å². The molecule has 0 aliphatic carbocycles. The highest BCUT2D eigenvalue weighted by Gasteiger charge is 2.28. The van der Waals surface area contributed by atoms with Crippen LogP contribution in [0.25, 0.3) is 22.8 Å². The molecule has 2 aliphatic rings. The topological polar surface area (TPSA) is 118 Å². The lowest BCUT2D eigenvalue weighted by molar-refractivity contribution is 0.345. The summed E-state index contributed by atoms with van der Waals surface area (Å²) >= 11 is 0. The lowest BCUT2D eigenvalue weighted by atomic mass is 10.1. The average molecular weight is 500 g/mol. The van der Waals surface area contributed by atoms with E-state index in [1.807, 2.05) is 12.1 Å². The highest BCUT2D eigenvalue weighted by atomic mass is 16.5. The molecule has 0 spiro atoms. The van der Waals surface area contributed by atoms with Gasteiger partial charge < -0.3 is 19.6 Å². The van der Waals surface area contributed by atoms with Crippen molar-refractivity contribution in [3.8, 4) is 22.8 Å². The van der Waals surface area contributed by atoms with Crippen molar-refractivity contribution in [2.24, 2.45) is 7.05 Å². The van der Waals surface area contributed by atoms with E-state index in [0.29, 0.717) is 29.1 Å². The Morgan fingerprint density at radius 3 is 2.68 bits per heavy atom. The van der Waals surface area contributed by atoms with Crippen LogP contribution >= 0.6 is 0 Å². The molecule has 1 aromatic carbocycles. The van der Waals surface area contributed by atoms with Crippen LogP contribution < -0.4 is 20.7 Å². The van der Waals surface area contributed by atoms with E-state index in [2.05, 4.69) is 54.3 Å². The zero-order valence-electron chi connectivity index (χ0n) is 20.9. The third-order valence-corrected chi connectivity index (χ3v) is 7.13. The highest BCUT2D eigenvalue weighted by molar-refractivity contribution is 5.61. The van der Waals surface area contributed by atoms with Gasteiger partial charge in [-0.15, -0.1) is 0 Å². The molecule has 11 nitrogen and oxygen atoms in total. The van der Waals surface area contributed by atoms with Gasteiger partial charge in [0.2, 0.25) is 17.7 Å². The monoisotopic (exact) mass is 499 g/mol. The number of hydrogen-bond donors (Lipinski definition) is 1. The van der Waals surface area contributed by atoms with Crippen LogP contribution in [0.3, 0.4) is 0 Å². The summed E-state index contributed by atoms with van der Waals surface area (Å²) in [6.45, 7) is 5.48. The number of hydrogen-bond acceptors (Lipinski definition) is 10. The molecule has 190 valence electrons. The van der Waals surface area contributed by atoms with Gasteiger partial charge in [-0.2, -0.15) is 4.98 Å². The Morgan fingerprint density at radius 2 is 1.95 bits per heavy atom. The van der Waals surface area contributed by atoms with Crippen molar-refractivity contribution in [1.82, 2.24) is 35.0 Å². The molecule has 1 N–H and O–H groups in total. The number of nitrogens with one attached hydrogen (secondary N) is 1. The fraction of sp³-hybridized carbons (Fsp3) is 0.385. The van der Waals surface area contributed by atoms with Gasteiger partial charge in [0.1, 0.15) is 6.33 Å². The predicted octanol–water partition coefficient (Wildman–Crippen LogP) is 2.43. The molecule has 1 unspecified atom stereocenters. The Morgan fingerprint density at radius 1 is 1.08 bits per heavy atom. The minimum absolute atomic E-state index is 0.114. The summed E-state index contributed by atoms with van der Waals surface area (Å²) in [5.41, 5.74) is 3.14. The van der Waals surface area contributed by atoms with Crippen molar-refractivity contribution in [3.63, 3.8) is 0 Å². The maximum Gasteiger partial charge on any atom is 0.255 e. The first kappa shape index (κ1) is 23.3. The molecule has 37 heavy (non-hydrogen) atoms. The largest absolute Gasteiger partial charge is 0.368 e. The van der Waals surface area contributed by atoms with Crippen LogP contribution in [0.2, 0.25) is 0 Å². The number of benzene rings is 1. The minimum atomic E-state index is -0.114. The fourth-order valence-electron chi connectivity index (χ4n) is 5.06. The van der Waals surface area contributed by atoms with Gasteiger partial charge in [-0.1, -0.05) is 5.16 Å². The second-order valence-electron chi connectivity index (χ2n) is 9.57. The lowest BCUT2D eigenvalue weighted by Crippen LogP contribution is -2.53. The van der Waals surface area contributed by atoms with Crippen LogP contribution in [0, 0.1) is 0 Å². The van der Waals surface area contributed by atoms with Gasteiger partial charge in [0.15, 0.2) is 0 Å². The van der Waals surface area contributed by atoms with Crippen molar-refractivity contribution in [3.05, 3.63) is 65.2 Å². The van der Waals surface area contributed by atoms with E-state index >= 15 is 0 Å². The summed E-state index contributed by atoms with van der Waals surface area (Å²) in [5, 5.41) is 7.58. The maximum absolute atomic E-state index is 12.7. The first-order valence-electron chi connectivity index (χ1n) is 12.6. The van der Waals surface area contributed by atoms with E-state index in [9.17, 15) is 4.79 Å². The summed E-state index contributed by atoms with van der Waals surface area (Å²) in [6.07, 6.45) is 5.27. The zero-order chi connectivity index (χ0) is 25.4. The van der Waals surface area contributed by atoms with Crippen molar-refractivity contribution >= 4 is 11.6 Å². The third kappa shape index (κ3) is 4.57. The highest BCUT2D eigenvalue weighted by Crippen LogP contribution is 2.27. The Balaban J connectivity index is 1.17. The molecule has 2 fully saturated rings. The van der Waals surface area contributed by atoms with E-state index < -0.39 is 0 Å². The summed E-state index contributed by atoms with van der Waals surface area (Å²) in [7, 11) is 1.76. The smallest absolute Gasteiger partial charge is 0.255 e. The van der Waals surface area contributed by atoms with E-state index in [-0.39, 0.29) is 17.6 Å². The van der Waals surface area contributed by atoms with Gasteiger partial charge in [-0.3, -0.25) is 9.36 Å². The van der Waals surface area contributed by atoms with Crippen LogP contribution in [0.15, 0.2) is 58.2 Å². The molecule has 2 atom stereocenters. The summed E-state index contributed by atoms with van der Waals surface area (Å²) < 4.78 is 7.10. The van der Waals surface area contributed by atoms with E-state index in [0.717, 1.165) is 50.3 Å². The second kappa shape index (κ2) is 9.74. The number of piperazine rings is 1. The normalized spacial score (nSPS) is 19.9. The lowest BCUT2D eigenvalue weighted by Gasteiger charge is -2.42. The molecule has 0 bridgehead atoms. The molecular weight excluding hydrogens is 470 g/mol. The van der Waals surface area contributed by atoms with E-state index in [4.69, 9.17) is 9.51 Å². The Kier molecular flexibility index (Phi) is 6.13. The van der Waals surface area contributed by atoms with Crippen LogP contribution in [-0.2, 0) is 7.05 Å². The average Bonchev–Trinajstić information content (AvgIpc) is 3.64. The third-order valence-electron chi connectivity index (χ3n) is 7.13. The second-order valence-corrected chi connectivity index (χ2v) is 9.57. The van der Waals surface area contributed by atoms with Crippen molar-refractivity contribution in [1.29, 1.82) is 0 Å². The SMILES string of the molecule is C[C@@H]1CN(c2ccc(-c3noc(C4CCCN4)n3)cc2)CCN1c1nc(-c2ccncn2)cc(=O)n1C. The van der Waals surface area contributed by atoms with Gasteiger partial charge in [-0.25, -0.2) is 15.0 Å². The molecule has 6 rings (SSSR count). The van der Waals surface area contributed by atoms with Gasteiger partial charge in [0.05, 0.1) is 17.4 Å². The molecule has 0 radical (unpaired) electrons. The molecule has 3 aromatic heterocycles. The Bertz CT molecular complexity index is 1430. The summed E-state index contributed by atoms with van der Waals surface area (Å²) in [5.74, 6) is 1.92. The molecule has 0 saturated carbocycles. The molecule has 4 aromatic rings. The molecule has 2 aliphatic heterocycles. The first-order valence-corrected chi connectivity index (χ1v) is 12.6. The van der Waals surface area contributed by atoms with Crippen LogP contribution in [-0.4, -0.2) is 61.9 Å². The number of nitrogens with zero attached hydrogens (tertiary/aromatic N) is 8. The van der Waals surface area contributed by atoms with Crippen molar-refractivity contribution in [2.75, 3.05) is 36.0 Å². The number of anilines is 2.